The minimum atomic E-state index is -0.784. The Morgan fingerprint density at radius 1 is 1.14 bits per heavy atom. The first kappa shape index (κ1) is 27.2. The van der Waals surface area contributed by atoms with Crippen LogP contribution in [0.15, 0.2) is 48.5 Å². The van der Waals surface area contributed by atoms with Crippen LogP contribution in [0.5, 0.6) is 0 Å². The van der Waals surface area contributed by atoms with Crippen molar-refractivity contribution in [3.63, 3.8) is 0 Å². The first-order valence-corrected chi connectivity index (χ1v) is 12.6. The van der Waals surface area contributed by atoms with Crippen molar-refractivity contribution in [2.75, 3.05) is 0 Å². The minimum absolute atomic E-state index is 0.0381. The monoisotopic (exact) mass is 487 g/mol. The molecular formula is C30H37N3O3. The summed E-state index contributed by atoms with van der Waals surface area (Å²) in [4.78, 5) is 17.5. The topological polar surface area (TPSA) is 88.1 Å². The Balaban J connectivity index is 1.94. The molecule has 3 rings (SSSR count). The fourth-order valence-electron chi connectivity index (χ4n) is 4.07. The highest BCUT2D eigenvalue weighted by Crippen LogP contribution is 2.28. The number of aliphatic hydroxyl groups is 1. The molecule has 1 unspecified atom stereocenters. The number of unbranched alkanes of at least 4 members (excludes halogenated alkanes) is 1. The Morgan fingerprint density at radius 2 is 1.81 bits per heavy atom. The number of carbonyl (C=O) groups is 1. The molecule has 0 aliphatic rings. The number of hydrogen-bond acceptors (Lipinski definition) is 5. The summed E-state index contributed by atoms with van der Waals surface area (Å²) < 4.78 is 7.53. The van der Waals surface area contributed by atoms with Gasteiger partial charge in [-0.1, -0.05) is 69.7 Å². The number of aliphatic hydroxyl groups excluding tert-OH is 1. The van der Waals surface area contributed by atoms with Gasteiger partial charge in [-0.3, -0.25) is 0 Å². The van der Waals surface area contributed by atoms with Crippen molar-refractivity contribution >= 4 is 5.97 Å². The van der Waals surface area contributed by atoms with Crippen LogP contribution < -0.4 is 0 Å². The molecule has 0 aliphatic heterocycles. The summed E-state index contributed by atoms with van der Waals surface area (Å²) in [5, 5.41) is 20.6. The molecule has 0 bridgehead atoms. The Kier molecular flexibility index (Phi) is 8.70. The largest absolute Gasteiger partial charge is 0.456 e. The van der Waals surface area contributed by atoms with Crippen molar-refractivity contribution in [2.45, 2.75) is 79.1 Å². The average molecular weight is 488 g/mol. The quantitative estimate of drug-likeness (QED) is 0.350. The summed E-state index contributed by atoms with van der Waals surface area (Å²) >= 11 is 0. The van der Waals surface area contributed by atoms with Crippen molar-refractivity contribution in [3.05, 3.63) is 76.9 Å². The lowest BCUT2D eigenvalue weighted by molar-refractivity contribution is 0.00704. The van der Waals surface area contributed by atoms with Gasteiger partial charge < -0.3 is 14.4 Å². The van der Waals surface area contributed by atoms with Crippen LogP contribution in [0.25, 0.3) is 11.1 Å². The third kappa shape index (κ3) is 6.41. The Morgan fingerprint density at radius 3 is 2.39 bits per heavy atom. The Labute approximate surface area is 214 Å². The molecular weight excluding hydrogens is 450 g/mol. The van der Waals surface area contributed by atoms with Gasteiger partial charge in [-0.05, 0) is 55.9 Å². The number of nitriles is 1. The van der Waals surface area contributed by atoms with E-state index in [1.165, 1.54) is 0 Å². The zero-order chi connectivity index (χ0) is 26.5. The van der Waals surface area contributed by atoms with Gasteiger partial charge in [0.25, 0.3) is 0 Å². The third-order valence-corrected chi connectivity index (χ3v) is 6.00. The maximum Gasteiger partial charge on any atom is 0.339 e. The first-order valence-electron chi connectivity index (χ1n) is 12.6. The number of hydrogen-bond donors (Lipinski definition) is 1. The van der Waals surface area contributed by atoms with Gasteiger partial charge in [0, 0.05) is 13.0 Å². The van der Waals surface area contributed by atoms with Crippen LogP contribution in [0.4, 0.5) is 0 Å². The second kappa shape index (κ2) is 11.5. The van der Waals surface area contributed by atoms with Crippen LogP contribution in [0.2, 0.25) is 0 Å². The first-order chi connectivity index (χ1) is 17.1. The van der Waals surface area contributed by atoms with Gasteiger partial charge in [-0.15, -0.1) is 0 Å². The predicted octanol–water partition coefficient (Wildman–Crippen LogP) is 6.46. The van der Waals surface area contributed by atoms with Crippen molar-refractivity contribution in [3.8, 4) is 17.2 Å². The zero-order valence-corrected chi connectivity index (χ0v) is 22.2. The highest BCUT2D eigenvalue weighted by molar-refractivity contribution is 5.97. The lowest BCUT2D eigenvalue weighted by Gasteiger charge is -2.20. The van der Waals surface area contributed by atoms with Crippen LogP contribution in [0.3, 0.4) is 0 Å². The number of imidazole rings is 1. The molecule has 6 nitrogen and oxygen atoms in total. The van der Waals surface area contributed by atoms with Gasteiger partial charge in [0.05, 0.1) is 5.56 Å². The molecule has 190 valence electrons. The summed E-state index contributed by atoms with van der Waals surface area (Å²) in [7, 11) is 0. The Hall–Kier alpha value is -3.43. The average Bonchev–Trinajstić information content (AvgIpc) is 3.18. The number of rotatable bonds is 9. The van der Waals surface area contributed by atoms with E-state index < -0.39 is 11.7 Å². The predicted molar refractivity (Wildman–Crippen MR) is 142 cm³/mol. The van der Waals surface area contributed by atoms with E-state index in [2.05, 4.69) is 13.0 Å². The molecule has 0 saturated heterocycles. The second-order valence-electron chi connectivity index (χ2n) is 10.5. The van der Waals surface area contributed by atoms with Gasteiger partial charge in [-0.2, -0.15) is 5.26 Å². The third-order valence-electron chi connectivity index (χ3n) is 6.00. The molecule has 1 heterocycles. The van der Waals surface area contributed by atoms with E-state index in [9.17, 15) is 15.2 Å². The van der Waals surface area contributed by atoms with Crippen molar-refractivity contribution in [1.29, 1.82) is 5.26 Å². The number of benzene rings is 2. The van der Waals surface area contributed by atoms with E-state index in [4.69, 9.17) is 9.72 Å². The molecule has 2 aromatic carbocycles. The highest BCUT2D eigenvalue weighted by atomic mass is 16.6. The maximum atomic E-state index is 12.8. The molecule has 1 aromatic heterocycles. The number of carbonyl (C=O) groups excluding carboxylic acids is 1. The zero-order valence-electron chi connectivity index (χ0n) is 22.2. The van der Waals surface area contributed by atoms with Crippen molar-refractivity contribution in [1.82, 2.24) is 9.55 Å². The summed E-state index contributed by atoms with van der Waals surface area (Å²) in [6, 6.07) is 17.7. The number of aromatic nitrogens is 2. The smallest absolute Gasteiger partial charge is 0.339 e. The van der Waals surface area contributed by atoms with Crippen molar-refractivity contribution < 1.29 is 14.6 Å². The lowest BCUT2D eigenvalue weighted by Crippen LogP contribution is -2.24. The molecule has 0 amide bonds. The fraction of sp³-hybridized carbons (Fsp3) is 0.433. The maximum absolute atomic E-state index is 12.8. The summed E-state index contributed by atoms with van der Waals surface area (Å²) in [6.07, 6.45) is 1.94. The van der Waals surface area contributed by atoms with E-state index in [0.717, 1.165) is 41.8 Å². The van der Waals surface area contributed by atoms with E-state index in [0.29, 0.717) is 23.5 Å². The molecule has 3 aromatic rings. The van der Waals surface area contributed by atoms with Crippen LogP contribution in [-0.2, 0) is 17.7 Å². The van der Waals surface area contributed by atoms with Crippen LogP contribution in [-0.4, -0.2) is 26.2 Å². The van der Waals surface area contributed by atoms with E-state index >= 15 is 0 Å². The lowest BCUT2D eigenvalue weighted by atomic mass is 9.98. The summed E-state index contributed by atoms with van der Waals surface area (Å²) in [5.74, 6) is 0.433. The van der Waals surface area contributed by atoms with E-state index in [-0.39, 0.29) is 11.9 Å². The second-order valence-corrected chi connectivity index (χ2v) is 10.5. The highest BCUT2D eigenvalue weighted by Gasteiger charge is 2.25. The molecule has 0 fully saturated rings. The van der Waals surface area contributed by atoms with Gasteiger partial charge >= 0.3 is 5.97 Å². The van der Waals surface area contributed by atoms with Crippen LogP contribution >= 0.6 is 0 Å². The molecule has 0 spiro atoms. The minimum Gasteiger partial charge on any atom is -0.456 e. The van der Waals surface area contributed by atoms with Crippen LogP contribution in [0.1, 0.15) is 93.6 Å². The van der Waals surface area contributed by atoms with Gasteiger partial charge in [0.1, 0.15) is 35.0 Å². The van der Waals surface area contributed by atoms with Gasteiger partial charge in [-0.25, -0.2) is 9.78 Å². The molecule has 1 N–H and O–H groups in total. The molecule has 0 radical (unpaired) electrons. The van der Waals surface area contributed by atoms with Crippen LogP contribution in [0, 0.1) is 17.2 Å². The molecule has 0 aliphatic carbocycles. The van der Waals surface area contributed by atoms with Crippen molar-refractivity contribution in [2.24, 2.45) is 5.92 Å². The standard InChI is InChI=1S/C30H37N3O3/c1-7-8-13-26-32-27(28(34)20(2)3)25(18-31)33(26)19-21-14-16-22(17-15-21)23-11-9-10-12-24(23)29(35)36-30(4,5)6/h9-12,14-17,20,28,34H,7-8,13,19H2,1-6H3. The molecule has 1 atom stereocenters. The van der Waals surface area contributed by atoms with Gasteiger partial charge in [0.15, 0.2) is 0 Å². The van der Waals surface area contributed by atoms with E-state index in [1.807, 2.05) is 81.7 Å². The number of ether oxygens (including phenoxy) is 1. The Bertz CT molecular complexity index is 1230. The molecule has 0 saturated carbocycles. The number of nitrogens with zero attached hydrogens (tertiary/aromatic N) is 3. The van der Waals surface area contributed by atoms with E-state index in [1.54, 1.807) is 6.07 Å². The SMILES string of the molecule is CCCCc1nc(C(O)C(C)C)c(C#N)n1Cc1ccc(-c2ccccc2C(=O)OC(C)(C)C)cc1. The molecule has 36 heavy (non-hydrogen) atoms. The molecule has 6 heteroatoms. The number of aryl methyl sites for hydroxylation is 1. The number of esters is 1. The summed E-state index contributed by atoms with van der Waals surface area (Å²) in [6.45, 7) is 12.0. The van der Waals surface area contributed by atoms with Gasteiger partial charge in [0.2, 0.25) is 0 Å². The fourth-order valence-corrected chi connectivity index (χ4v) is 4.07. The normalized spacial score (nSPS) is 12.4. The summed E-state index contributed by atoms with van der Waals surface area (Å²) in [5.41, 5.74) is 3.55.